The van der Waals surface area contributed by atoms with E-state index in [-0.39, 0.29) is 12.0 Å². The van der Waals surface area contributed by atoms with Crippen molar-refractivity contribution >= 4 is 11.8 Å². The molecule has 1 fully saturated rings. The van der Waals surface area contributed by atoms with Crippen LogP contribution in [-0.2, 0) is 4.79 Å². The van der Waals surface area contributed by atoms with Crippen LogP contribution < -0.4 is 15.8 Å². The Morgan fingerprint density at radius 3 is 2.86 bits per heavy atom. The van der Waals surface area contributed by atoms with Crippen molar-refractivity contribution in [2.24, 2.45) is 5.73 Å². The summed E-state index contributed by atoms with van der Waals surface area (Å²) < 4.78 is 5.59. The quantitative estimate of drug-likeness (QED) is 0.839. The molecule has 21 heavy (non-hydrogen) atoms. The van der Waals surface area contributed by atoms with Crippen LogP contribution in [0.15, 0.2) is 24.3 Å². The van der Waals surface area contributed by atoms with Gasteiger partial charge in [0.15, 0.2) is 0 Å². The van der Waals surface area contributed by atoms with Gasteiger partial charge in [0.2, 0.25) is 5.91 Å². The highest BCUT2D eigenvalue weighted by Crippen LogP contribution is 2.18. The Hall–Kier alpha value is -2.08. The van der Waals surface area contributed by atoms with E-state index < -0.39 is 11.9 Å². The maximum absolute atomic E-state index is 12.6. The molecule has 0 bridgehead atoms. The average Bonchev–Trinajstić information content (AvgIpc) is 2.46. The minimum Gasteiger partial charge on any atom is -0.491 e. The third kappa shape index (κ3) is 3.72. The van der Waals surface area contributed by atoms with Crippen molar-refractivity contribution in [1.29, 1.82) is 0 Å². The van der Waals surface area contributed by atoms with Crippen LogP contribution in [-0.4, -0.2) is 48.5 Å². The van der Waals surface area contributed by atoms with Gasteiger partial charge in [-0.05, 0) is 32.0 Å². The molecule has 1 heterocycles. The first kappa shape index (κ1) is 15.3. The van der Waals surface area contributed by atoms with Gasteiger partial charge in [0.25, 0.3) is 5.91 Å². The summed E-state index contributed by atoms with van der Waals surface area (Å²) in [6, 6.07) is 6.38. The molecule has 1 aliphatic heterocycles. The molecule has 1 aromatic rings. The van der Waals surface area contributed by atoms with E-state index in [0.717, 1.165) is 0 Å². The van der Waals surface area contributed by atoms with E-state index in [1.807, 2.05) is 13.8 Å². The number of amides is 2. The number of nitrogens with two attached hydrogens (primary N) is 1. The van der Waals surface area contributed by atoms with E-state index in [1.165, 1.54) is 4.90 Å². The molecule has 3 N–H and O–H groups in total. The Kier molecular flexibility index (Phi) is 4.80. The predicted octanol–water partition coefficient (Wildman–Crippen LogP) is 0.373. The summed E-state index contributed by atoms with van der Waals surface area (Å²) in [5.74, 6) is -0.0544. The highest BCUT2D eigenvalue weighted by atomic mass is 16.5. The lowest BCUT2D eigenvalue weighted by molar-refractivity contribution is -0.122. The van der Waals surface area contributed by atoms with E-state index in [9.17, 15) is 9.59 Å². The molecule has 0 saturated carbocycles. The van der Waals surface area contributed by atoms with Crippen molar-refractivity contribution in [3.05, 3.63) is 29.8 Å². The maximum atomic E-state index is 12.6. The summed E-state index contributed by atoms with van der Waals surface area (Å²) in [5, 5.41) is 3.07. The molecule has 1 atom stereocenters. The van der Waals surface area contributed by atoms with Crippen LogP contribution in [0.3, 0.4) is 0 Å². The van der Waals surface area contributed by atoms with E-state index in [4.69, 9.17) is 10.5 Å². The Labute approximate surface area is 124 Å². The van der Waals surface area contributed by atoms with Gasteiger partial charge in [-0.1, -0.05) is 6.07 Å². The number of rotatable bonds is 4. The minimum absolute atomic E-state index is 0.0351. The van der Waals surface area contributed by atoms with Crippen LogP contribution in [0.1, 0.15) is 24.2 Å². The molecule has 0 radical (unpaired) electrons. The molecule has 1 unspecified atom stereocenters. The van der Waals surface area contributed by atoms with Crippen LogP contribution in [0, 0.1) is 0 Å². The number of primary amides is 1. The second kappa shape index (κ2) is 6.58. The van der Waals surface area contributed by atoms with Gasteiger partial charge in [-0.3, -0.25) is 9.59 Å². The fraction of sp³-hybridized carbons (Fsp3) is 0.467. The summed E-state index contributed by atoms with van der Waals surface area (Å²) in [5.41, 5.74) is 5.87. The fourth-order valence-corrected chi connectivity index (χ4v) is 2.34. The summed E-state index contributed by atoms with van der Waals surface area (Å²) in [7, 11) is 0. The summed E-state index contributed by atoms with van der Waals surface area (Å²) in [6.07, 6.45) is 0.0351. The first-order valence-electron chi connectivity index (χ1n) is 7.06. The summed E-state index contributed by atoms with van der Waals surface area (Å²) in [6.45, 7) is 5.35. The van der Waals surface area contributed by atoms with Crippen molar-refractivity contribution in [1.82, 2.24) is 10.2 Å². The van der Waals surface area contributed by atoms with Crippen LogP contribution >= 0.6 is 0 Å². The van der Waals surface area contributed by atoms with Gasteiger partial charge in [-0.25, -0.2) is 0 Å². The zero-order valence-electron chi connectivity index (χ0n) is 12.3. The number of piperazine rings is 1. The van der Waals surface area contributed by atoms with Crippen molar-refractivity contribution in [3.8, 4) is 5.75 Å². The lowest BCUT2D eigenvalue weighted by Gasteiger charge is -2.34. The van der Waals surface area contributed by atoms with Crippen LogP contribution in [0.4, 0.5) is 0 Å². The number of benzene rings is 1. The van der Waals surface area contributed by atoms with Crippen molar-refractivity contribution < 1.29 is 14.3 Å². The smallest absolute Gasteiger partial charge is 0.254 e. The molecule has 0 aromatic heterocycles. The fourth-order valence-electron chi connectivity index (χ4n) is 2.34. The third-order valence-corrected chi connectivity index (χ3v) is 3.29. The highest BCUT2D eigenvalue weighted by molar-refractivity contribution is 5.97. The van der Waals surface area contributed by atoms with Crippen LogP contribution in [0.25, 0.3) is 0 Å². The summed E-state index contributed by atoms with van der Waals surface area (Å²) in [4.78, 5) is 25.6. The first-order valence-corrected chi connectivity index (χ1v) is 7.06. The van der Waals surface area contributed by atoms with E-state index >= 15 is 0 Å². The lowest BCUT2D eigenvalue weighted by atomic mass is 10.1. The summed E-state index contributed by atoms with van der Waals surface area (Å²) >= 11 is 0. The van der Waals surface area contributed by atoms with Gasteiger partial charge < -0.3 is 20.7 Å². The van der Waals surface area contributed by atoms with Gasteiger partial charge in [0, 0.05) is 25.2 Å². The molecule has 6 heteroatoms. The second-order valence-corrected chi connectivity index (χ2v) is 5.32. The SMILES string of the molecule is CC(C)Oc1cccc(C(=O)N2CCNCC2C(N)=O)c1. The number of nitrogens with zero attached hydrogens (tertiary/aromatic N) is 1. The Morgan fingerprint density at radius 2 is 2.19 bits per heavy atom. The van der Waals surface area contributed by atoms with E-state index in [2.05, 4.69) is 5.32 Å². The molecule has 6 nitrogen and oxygen atoms in total. The zero-order valence-corrected chi connectivity index (χ0v) is 12.3. The predicted molar refractivity (Wildman–Crippen MR) is 79.1 cm³/mol. The first-order chi connectivity index (χ1) is 9.99. The normalized spacial score (nSPS) is 18.6. The molecule has 2 rings (SSSR count). The largest absolute Gasteiger partial charge is 0.491 e. The van der Waals surface area contributed by atoms with Gasteiger partial charge in [-0.2, -0.15) is 0 Å². The molecule has 1 aliphatic rings. The zero-order chi connectivity index (χ0) is 15.4. The van der Waals surface area contributed by atoms with Crippen molar-refractivity contribution in [2.45, 2.75) is 26.0 Å². The molecular weight excluding hydrogens is 270 g/mol. The molecule has 2 amide bonds. The molecule has 1 aromatic carbocycles. The van der Waals surface area contributed by atoms with Crippen LogP contribution in [0.2, 0.25) is 0 Å². The van der Waals surface area contributed by atoms with Gasteiger partial charge in [0.05, 0.1) is 6.10 Å². The van der Waals surface area contributed by atoms with Crippen LogP contribution in [0.5, 0.6) is 5.75 Å². The second-order valence-electron chi connectivity index (χ2n) is 5.32. The average molecular weight is 291 g/mol. The monoisotopic (exact) mass is 291 g/mol. The molecule has 0 spiro atoms. The maximum Gasteiger partial charge on any atom is 0.254 e. The highest BCUT2D eigenvalue weighted by Gasteiger charge is 2.31. The topological polar surface area (TPSA) is 84.7 Å². The van der Waals surface area contributed by atoms with Crippen molar-refractivity contribution in [2.75, 3.05) is 19.6 Å². The van der Waals surface area contributed by atoms with Gasteiger partial charge >= 0.3 is 0 Å². The Morgan fingerprint density at radius 1 is 1.43 bits per heavy atom. The number of hydrogen-bond acceptors (Lipinski definition) is 4. The number of carbonyl (C=O) groups is 2. The number of hydrogen-bond donors (Lipinski definition) is 2. The third-order valence-electron chi connectivity index (χ3n) is 3.29. The molecule has 1 saturated heterocycles. The molecule has 114 valence electrons. The van der Waals surface area contributed by atoms with E-state index in [0.29, 0.717) is 30.9 Å². The number of carbonyl (C=O) groups excluding carboxylic acids is 2. The van der Waals surface area contributed by atoms with E-state index in [1.54, 1.807) is 24.3 Å². The molecule has 0 aliphatic carbocycles. The Bertz CT molecular complexity index is 531. The minimum atomic E-state index is -0.610. The lowest BCUT2D eigenvalue weighted by Crippen LogP contribution is -2.58. The number of nitrogens with one attached hydrogen (secondary N) is 1. The molecular formula is C15H21N3O3. The van der Waals surface area contributed by atoms with Crippen molar-refractivity contribution in [3.63, 3.8) is 0 Å². The van der Waals surface area contributed by atoms with Gasteiger partial charge in [0.1, 0.15) is 11.8 Å². The number of ether oxygens (including phenoxy) is 1. The van der Waals surface area contributed by atoms with Gasteiger partial charge in [-0.15, -0.1) is 0 Å². The standard InChI is InChI=1S/C15H21N3O3/c1-10(2)21-12-5-3-4-11(8-12)15(20)18-7-6-17-9-13(18)14(16)19/h3-5,8,10,13,17H,6-7,9H2,1-2H3,(H2,16,19). The Balaban J connectivity index is 2.20.